The summed E-state index contributed by atoms with van der Waals surface area (Å²) in [6.45, 7) is 7.23. The summed E-state index contributed by atoms with van der Waals surface area (Å²) < 4.78 is 0. The molecule has 1 aliphatic rings. The first-order valence-electron chi connectivity index (χ1n) is 7.27. The number of rotatable bonds is 2. The molecule has 1 amide bonds. The lowest BCUT2D eigenvalue weighted by Crippen LogP contribution is -2.23. The highest BCUT2D eigenvalue weighted by Gasteiger charge is 2.29. The first-order valence-corrected chi connectivity index (χ1v) is 7.65. The molecular formula is C18H20ClNO. The van der Waals surface area contributed by atoms with Crippen molar-refractivity contribution in [2.45, 2.75) is 33.9 Å². The van der Waals surface area contributed by atoms with Crippen molar-refractivity contribution in [1.29, 1.82) is 0 Å². The summed E-state index contributed by atoms with van der Waals surface area (Å²) in [6.07, 6.45) is 0. The van der Waals surface area contributed by atoms with Crippen LogP contribution < -0.4 is 0 Å². The summed E-state index contributed by atoms with van der Waals surface area (Å²) in [5.74, 6) is 0.105. The second-order valence-corrected chi connectivity index (χ2v) is 5.34. The molecule has 0 radical (unpaired) electrons. The molecule has 0 fully saturated rings. The van der Waals surface area contributed by atoms with Crippen LogP contribution in [-0.2, 0) is 13.1 Å². The minimum atomic E-state index is 0.105. The van der Waals surface area contributed by atoms with Gasteiger partial charge in [0.2, 0.25) is 0 Å². The number of aryl methyl sites for hydroxylation is 1. The van der Waals surface area contributed by atoms with Crippen molar-refractivity contribution < 1.29 is 4.79 Å². The van der Waals surface area contributed by atoms with Gasteiger partial charge in [0.1, 0.15) is 0 Å². The highest BCUT2D eigenvalue weighted by atomic mass is 35.5. The molecule has 2 aromatic rings. The SMILES string of the molecule is CC.Cc1cc(Cl)cc2c1C(=O)N(Cc1ccccc1)C2. The molecule has 0 unspecified atom stereocenters. The average molecular weight is 302 g/mol. The van der Waals surface area contributed by atoms with Gasteiger partial charge in [0.25, 0.3) is 5.91 Å². The summed E-state index contributed by atoms with van der Waals surface area (Å²) in [5.41, 5.74) is 3.96. The zero-order chi connectivity index (χ0) is 15.4. The van der Waals surface area contributed by atoms with E-state index in [0.717, 1.165) is 22.3 Å². The van der Waals surface area contributed by atoms with Crippen molar-refractivity contribution in [2.75, 3.05) is 0 Å². The van der Waals surface area contributed by atoms with Crippen LogP contribution in [-0.4, -0.2) is 10.8 Å². The molecule has 3 rings (SSSR count). The van der Waals surface area contributed by atoms with Crippen LogP contribution in [0.25, 0.3) is 0 Å². The molecule has 110 valence electrons. The molecule has 21 heavy (non-hydrogen) atoms. The Morgan fingerprint density at radius 3 is 2.48 bits per heavy atom. The lowest BCUT2D eigenvalue weighted by Gasteiger charge is -2.15. The van der Waals surface area contributed by atoms with E-state index in [9.17, 15) is 4.79 Å². The van der Waals surface area contributed by atoms with Gasteiger partial charge in [-0.2, -0.15) is 0 Å². The fourth-order valence-electron chi connectivity index (χ4n) is 2.61. The molecule has 0 N–H and O–H groups in total. The largest absolute Gasteiger partial charge is 0.330 e. The number of hydrogen-bond donors (Lipinski definition) is 0. The predicted molar refractivity (Wildman–Crippen MR) is 87.6 cm³/mol. The second-order valence-electron chi connectivity index (χ2n) is 4.90. The van der Waals surface area contributed by atoms with Crippen LogP contribution in [0, 0.1) is 6.92 Å². The summed E-state index contributed by atoms with van der Waals surface area (Å²) in [7, 11) is 0. The molecule has 0 saturated heterocycles. The zero-order valence-corrected chi connectivity index (χ0v) is 13.4. The third-order valence-corrected chi connectivity index (χ3v) is 3.68. The van der Waals surface area contributed by atoms with Crippen molar-refractivity contribution in [2.24, 2.45) is 0 Å². The molecule has 0 aromatic heterocycles. The van der Waals surface area contributed by atoms with Gasteiger partial charge in [-0.15, -0.1) is 0 Å². The molecular weight excluding hydrogens is 282 g/mol. The van der Waals surface area contributed by atoms with Crippen molar-refractivity contribution in [3.63, 3.8) is 0 Å². The Labute approximate surface area is 131 Å². The molecule has 0 saturated carbocycles. The first kappa shape index (κ1) is 15.6. The number of halogens is 1. The maximum Gasteiger partial charge on any atom is 0.255 e. The van der Waals surface area contributed by atoms with E-state index >= 15 is 0 Å². The van der Waals surface area contributed by atoms with E-state index in [1.807, 2.05) is 68.1 Å². The molecule has 0 bridgehead atoms. The summed E-state index contributed by atoms with van der Waals surface area (Å²) >= 11 is 6.05. The number of nitrogens with zero attached hydrogens (tertiary/aromatic N) is 1. The van der Waals surface area contributed by atoms with Crippen LogP contribution in [0.2, 0.25) is 5.02 Å². The van der Waals surface area contributed by atoms with Crippen LogP contribution >= 0.6 is 11.6 Å². The predicted octanol–water partition coefficient (Wildman–Crippen LogP) is 4.83. The second kappa shape index (κ2) is 6.77. The van der Waals surface area contributed by atoms with Crippen molar-refractivity contribution in [3.8, 4) is 0 Å². The zero-order valence-electron chi connectivity index (χ0n) is 12.7. The number of amides is 1. The van der Waals surface area contributed by atoms with Gasteiger partial charge in [0.05, 0.1) is 0 Å². The standard InChI is InChI=1S/C16H14ClNO.C2H6/c1-11-7-14(17)8-13-10-18(16(19)15(11)13)9-12-5-3-2-4-6-12;1-2/h2-8H,9-10H2,1H3;1-2H3. The van der Waals surface area contributed by atoms with E-state index in [-0.39, 0.29) is 5.91 Å². The van der Waals surface area contributed by atoms with Crippen LogP contribution in [0.4, 0.5) is 0 Å². The summed E-state index contributed by atoms with van der Waals surface area (Å²) in [6, 6.07) is 13.8. The van der Waals surface area contributed by atoms with Gasteiger partial charge in [-0.3, -0.25) is 4.79 Å². The third-order valence-electron chi connectivity index (χ3n) is 3.46. The van der Waals surface area contributed by atoms with Crippen LogP contribution in [0.1, 0.15) is 40.9 Å². The maximum atomic E-state index is 12.4. The number of benzene rings is 2. The van der Waals surface area contributed by atoms with Crippen LogP contribution in [0.5, 0.6) is 0 Å². The quantitative estimate of drug-likeness (QED) is 0.778. The van der Waals surface area contributed by atoms with Gasteiger partial charge in [0, 0.05) is 23.7 Å². The number of hydrogen-bond acceptors (Lipinski definition) is 1. The number of carbonyl (C=O) groups excluding carboxylic acids is 1. The lowest BCUT2D eigenvalue weighted by atomic mass is 10.0. The van der Waals surface area contributed by atoms with E-state index in [1.165, 1.54) is 0 Å². The van der Waals surface area contributed by atoms with Crippen LogP contribution in [0.15, 0.2) is 42.5 Å². The van der Waals surface area contributed by atoms with Crippen molar-refractivity contribution in [1.82, 2.24) is 4.90 Å². The minimum Gasteiger partial charge on any atom is -0.330 e. The number of carbonyl (C=O) groups is 1. The van der Waals surface area contributed by atoms with E-state index in [1.54, 1.807) is 0 Å². The van der Waals surface area contributed by atoms with E-state index in [0.29, 0.717) is 18.1 Å². The molecule has 1 heterocycles. The Morgan fingerprint density at radius 2 is 1.81 bits per heavy atom. The molecule has 3 heteroatoms. The Kier molecular flexibility index (Phi) is 5.03. The monoisotopic (exact) mass is 301 g/mol. The molecule has 0 spiro atoms. The Morgan fingerprint density at radius 1 is 1.14 bits per heavy atom. The van der Waals surface area contributed by atoms with Gasteiger partial charge in [-0.25, -0.2) is 0 Å². The lowest BCUT2D eigenvalue weighted by molar-refractivity contribution is 0.0766. The topological polar surface area (TPSA) is 20.3 Å². The fraction of sp³-hybridized carbons (Fsp3) is 0.278. The average Bonchev–Trinajstić information content (AvgIpc) is 2.78. The number of fused-ring (bicyclic) bond motifs is 1. The van der Waals surface area contributed by atoms with E-state index < -0.39 is 0 Å². The van der Waals surface area contributed by atoms with E-state index in [2.05, 4.69) is 0 Å². The summed E-state index contributed by atoms with van der Waals surface area (Å²) in [4.78, 5) is 14.3. The highest BCUT2D eigenvalue weighted by Crippen LogP contribution is 2.29. The fourth-order valence-corrected chi connectivity index (χ4v) is 2.91. The Balaban J connectivity index is 0.000000774. The third kappa shape index (κ3) is 3.27. The van der Waals surface area contributed by atoms with Gasteiger partial charge < -0.3 is 4.90 Å². The van der Waals surface area contributed by atoms with Crippen molar-refractivity contribution in [3.05, 3.63) is 69.7 Å². The first-order chi connectivity index (χ1) is 10.1. The Bertz CT molecular complexity index is 637. The summed E-state index contributed by atoms with van der Waals surface area (Å²) in [5, 5.41) is 0.700. The normalized spacial score (nSPS) is 12.8. The minimum absolute atomic E-state index is 0.105. The van der Waals surface area contributed by atoms with Gasteiger partial charge in [-0.1, -0.05) is 55.8 Å². The molecule has 0 atom stereocenters. The van der Waals surface area contributed by atoms with Crippen molar-refractivity contribution >= 4 is 17.5 Å². The smallest absolute Gasteiger partial charge is 0.255 e. The molecule has 2 aromatic carbocycles. The van der Waals surface area contributed by atoms with Crippen LogP contribution in [0.3, 0.4) is 0 Å². The van der Waals surface area contributed by atoms with Gasteiger partial charge in [0.15, 0.2) is 0 Å². The molecule has 1 aliphatic heterocycles. The van der Waals surface area contributed by atoms with E-state index in [4.69, 9.17) is 11.6 Å². The highest BCUT2D eigenvalue weighted by molar-refractivity contribution is 6.31. The molecule has 0 aliphatic carbocycles. The maximum absolute atomic E-state index is 12.4. The van der Waals surface area contributed by atoms with Gasteiger partial charge in [-0.05, 0) is 35.7 Å². The molecule has 2 nitrogen and oxygen atoms in total. The Hall–Kier alpha value is -1.80. The van der Waals surface area contributed by atoms with Gasteiger partial charge >= 0.3 is 0 Å².